The Hall–Kier alpha value is -2.18. The van der Waals surface area contributed by atoms with Gasteiger partial charge in [0.2, 0.25) is 5.91 Å². The fraction of sp³-hybridized carbons (Fsp3) is 0.545. The molecule has 2 aromatic rings. The van der Waals surface area contributed by atoms with Crippen LogP contribution in [-0.2, 0) is 16.0 Å². The normalized spacial score (nSPS) is 20.6. The van der Waals surface area contributed by atoms with Gasteiger partial charge in [0.05, 0.1) is 23.9 Å². The Balaban J connectivity index is 1.36. The maximum atomic E-state index is 12.9. The van der Waals surface area contributed by atoms with Crippen LogP contribution in [0.5, 0.6) is 0 Å². The van der Waals surface area contributed by atoms with Gasteiger partial charge in [-0.3, -0.25) is 9.69 Å². The number of rotatable bonds is 5. The first-order valence-electron chi connectivity index (χ1n) is 10.3. The molecule has 0 aliphatic carbocycles. The number of benzene rings is 1. The van der Waals surface area contributed by atoms with Crippen molar-refractivity contribution in [3.63, 3.8) is 0 Å². The molecule has 2 saturated heterocycles. The minimum absolute atomic E-state index is 0.204. The highest BCUT2D eigenvalue weighted by Crippen LogP contribution is 2.20. The number of piperazine rings is 1. The predicted octanol–water partition coefficient (Wildman–Crippen LogP) is 2.35. The Morgan fingerprint density at radius 3 is 2.57 bits per heavy atom. The minimum Gasteiger partial charge on any atom is -0.377 e. The quantitative estimate of drug-likeness (QED) is 0.797. The van der Waals surface area contributed by atoms with Gasteiger partial charge in [0, 0.05) is 50.6 Å². The highest BCUT2D eigenvalue weighted by molar-refractivity contribution is 5.79. The highest BCUT2D eigenvalue weighted by Gasteiger charge is 2.26. The summed E-state index contributed by atoms with van der Waals surface area (Å²) in [6, 6.07) is 10.1. The molecule has 2 aliphatic rings. The third-order valence-corrected chi connectivity index (χ3v) is 5.98. The van der Waals surface area contributed by atoms with E-state index in [0.29, 0.717) is 12.5 Å². The first kappa shape index (κ1) is 19.2. The second-order valence-electron chi connectivity index (χ2n) is 7.89. The molecule has 2 fully saturated rings. The summed E-state index contributed by atoms with van der Waals surface area (Å²) in [5, 5.41) is 4.67. The molecular formula is C22H30N4O2. The number of hydrogen-bond acceptors (Lipinski definition) is 4. The monoisotopic (exact) mass is 382 g/mol. The smallest absolute Gasteiger partial charge is 0.227 e. The van der Waals surface area contributed by atoms with Crippen molar-refractivity contribution in [2.75, 3.05) is 39.3 Å². The van der Waals surface area contributed by atoms with E-state index >= 15 is 0 Å². The van der Waals surface area contributed by atoms with Gasteiger partial charge < -0.3 is 9.64 Å². The zero-order valence-electron chi connectivity index (χ0n) is 16.9. The van der Waals surface area contributed by atoms with Crippen molar-refractivity contribution in [2.45, 2.75) is 39.2 Å². The summed E-state index contributed by atoms with van der Waals surface area (Å²) in [5.74, 6) is 0.204. The predicted molar refractivity (Wildman–Crippen MR) is 109 cm³/mol. The molecule has 1 aromatic heterocycles. The number of hydrogen-bond donors (Lipinski definition) is 0. The van der Waals surface area contributed by atoms with Crippen LogP contribution in [0.15, 0.2) is 30.3 Å². The summed E-state index contributed by atoms with van der Waals surface area (Å²) in [6.45, 7) is 9.43. The van der Waals surface area contributed by atoms with Gasteiger partial charge in [-0.1, -0.05) is 18.2 Å². The Labute approximate surface area is 167 Å². The molecule has 0 N–H and O–H groups in total. The summed E-state index contributed by atoms with van der Waals surface area (Å²) in [7, 11) is 0. The van der Waals surface area contributed by atoms with E-state index in [1.807, 2.05) is 46.8 Å². The van der Waals surface area contributed by atoms with Crippen molar-refractivity contribution in [2.24, 2.45) is 0 Å². The zero-order valence-corrected chi connectivity index (χ0v) is 16.9. The van der Waals surface area contributed by atoms with Crippen LogP contribution in [0.2, 0.25) is 0 Å². The summed E-state index contributed by atoms with van der Waals surface area (Å²) in [6.07, 6.45) is 3.16. The van der Waals surface area contributed by atoms with Crippen LogP contribution in [0.25, 0.3) is 5.69 Å². The van der Waals surface area contributed by atoms with Crippen LogP contribution in [0, 0.1) is 13.8 Å². The topological polar surface area (TPSA) is 50.6 Å². The van der Waals surface area contributed by atoms with Crippen LogP contribution in [0.3, 0.4) is 0 Å². The van der Waals surface area contributed by atoms with Crippen LogP contribution < -0.4 is 0 Å². The number of amides is 1. The van der Waals surface area contributed by atoms with E-state index in [1.165, 1.54) is 12.8 Å². The summed E-state index contributed by atoms with van der Waals surface area (Å²) in [5.41, 5.74) is 4.07. The summed E-state index contributed by atoms with van der Waals surface area (Å²) >= 11 is 0. The number of nitrogens with zero attached hydrogens (tertiary/aromatic N) is 4. The standard InChI is InChI=1S/C22H30N4O2/c1-17-21(18(2)26(23-17)19-7-4-3-5-8-19)15-22(27)25-12-10-24(11-13-25)16-20-9-6-14-28-20/h3-5,7-8,20H,6,9-16H2,1-2H3/t20-/m1/s1. The number of carbonyl (C=O) groups excluding carboxylic acids is 1. The van der Waals surface area contributed by atoms with Crippen molar-refractivity contribution in [3.8, 4) is 5.69 Å². The molecule has 28 heavy (non-hydrogen) atoms. The molecule has 0 unspecified atom stereocenters. The third kappa shape index (κ3) is 4.13. The van der Waals surface area contributed by atoms with Gasteiger partial charge in [-0.2, -0.15) is 5.10 Å². The molecule has 0 spiro atoms. The zero-order chi connectivity index (χ0) is 19.5. The third-order valence-electron chi connectivity index (χ3n) is 5.98. The van der Waals surface area contributed by atoms with Crippen LogP contribution >= 0.6 is 0 Å². The lowest BCUT2D eigenvalue weighted by molar-refractivity contribution is -0.132. The van der Waals surface area contributed by atoms with E-state index in [1.54, 1.807) is 0 Å². The molecular weight excluding hydrogens is 352 g/mol. The van der Waals surface area contributed by atoms with E-state index in [-0.39, 0.29) is 5.91 Å². The van der Waals surface area contributed by atoms with E-state index in [4.69, 9.17) is 4.74 Å². The van der Waals surface area contributed by atoms with Crippen molar-refractivity contribution in [3.05, 3.63) is 47.3 Å². The summed E-state index contributed by atoms with van der Waals surface area (Å²) < 4.78 is 7.68. The lowest BCUT2D eigenvalue weighted by Gasteiger charge is -2.35. The van der Waals surface area contributed by atoms with Crippen molar-refractivity contribution in [1.82, 2.24) is 19.6 Å². The molecule has 1 amide bonds. The number of aromatic nitrogens is 2. The Bertz CT molecular complexity index is 803. The van der Waals surface area contributed by atoms with Gasteiger partial charge >= 0.3 is 0 Å². The Morgan fingerprint density at radius 1 is 1.14 bits per heavy atom. The molecule has 0 saturated carbocycles. The van der Waals surface area contributed by atoms with E-state index in [0.717, 1.165) is 62.0 Å². The van der Waals surface area contributed by atoms with Crippen LogP contribution in [-0.4, -0.2) is 70.9 Å². The first-order valence-corrected chi connectivity index (χ1v) is 10.3. The SMILES string of the molecule is Cc1nn(-c2ccccc2)c(C)c1CC(=O)N1CCN(C[C@H]2CCCO2)CC1. The Kier molecular flexibility index (Phi) is 5.78. The number of carbonyl (C=O) groups is 1. The maximum Gasteiger partial charge on any atom is 0.227 e. The lowest BCUT2D eigenvalue weighted by Crippen LogP contribution is -2.50. The van der Waals surface area contributed by atoms with Crippen LogP contribution in [0.1, 0.15) is 29.8 Å². The average Bonchev–Trinajstić information content (AvgIpc) is 3.32. The van der Waals surface area contributed by atoms with Gasteiger partial charge in [-0.25, -0.2) is 4.68 Å². The minimum atomic E-state index is 0.204. The van der Waals surface area contributed by atoms with E-state index < -0.39 is 0 Å². The van der Waals surface area contributed by atoms with Crippen molar-refractivity contribution >= 4 is 5.91 Å². The van der Waals surface area contributed by atoms with Gasteiger partial charge in [0.1, 0.15) is 0 Å². The largest absolute Gasteiger partial charge is 0.377 e. The second-order valence-corrected chi connectivity index (χ2v) is 7.89. The van der Waals surface area contributed by atoms with E-state index in [9.17, 15) is 4.79 Å². The maximum absolute atomic E-state index is 12.9. The van der Waals surface area contributed by atoms with Gasteiger partial charge in [-0.05, 0) is 38.8 Å². The molecule has 3 heterocycles. The number of ether oxygens (including phenoxy) is 1. The molecule has 1 atom stereocenters. The lowest BCUT2D eigenvalue weighted by atomic mass is 10.1. The summed E-state index contributed by atoms with van der Waals surface area (Å²) in [4.78, 5) is 17.4. The van der Waals surface area contributed by atoms with Gasteiger partial charge in [-0.15, -0.1) is 0 Å². The van der Waals surface area contributed by atoms with E-state index in [2.05, 4.69) is 16.9 Å². The molecule has 0 bridgehead atoms. The number of aryl methyl sites for hydroxylation is 1. The first-order chi connectivity index (χ1) is 13.6. The fourth-order valence-electron chi connectivity index (χ4n) is 4.27. The fourth-order valence-corrected chi connectivity index (χ4v) is 4.27. The average molecular weight is 383 g/mol. The van der Waals surface area contributed by atoms with Gasteiger partial charge in [0.15, 0.2) is 0 Å². The van der Waals surface area contributed by atoms with Crippen molar-refractivity contribution in [1.29, 1.82) is 0 Å². The Morgan fingerprint density at radius 2 is 1.89 bits per heavy atom. The molecule has 6 heteroatoms. The molecule has 2 aliphatic heterocycles. The molecule has 1 aromatic carbocycles. The highest BCUT2D eigenvalue weighted by atomic mass is 16.5. The van der Waals surface area contributed by atoms with Crippen molar-refractivity contribution < 1.29 is 9.53 Å². The second kappa shape index (κ2) is 8.45. The molecule has 0 radical (unpaired) electrons. The number of para-hydroxylation sites is 1. The van der Waals surface area contributed by atoms with Crippen LogP contribution in [0.4, 0.5) is 0 Å². The van der Waals surface area contributed by atoms with Gasteiger partial charge in [0.25, 0.3) is 0 Å². The molecule has 150 valence electrons. The molecule has 6 nitrogen and oxygen atoms in total. The molecule has 4 rings (SSSR count).